The Kier molecular flexibility index (Phi) is 5.20. The zero-order valence-electron chi connectivity index (χ0n) is 14.9. The number of carbonyl (C=O) groups excluding carboxylic acids is 1. The maximum Gasteiger partial charge on any atom is 0.274 e. The third-order valence-electron chi connectivity index (χ3n) is 4.58. The van der Waals surface area contributed by atoms with Gasteiger partial charge in [-0.05, 0) is 37.1 Å². The zero-order valence-corrected chi connectivity index (χ0v) is 14.9. The molecule has 1 fully saturated rings. The SMILES string of the molecule is O=C(c1cnnn1-c1ccccc1)N(Cc1ccccn1)CC1CCCO1. The predicted octanol–water partition coefficient (Wildman–Crippen LogP) is 2.48. The molecule has 1 amide bonds. The van der Waals surface area contributed by atoms with Gasteiger partial charge in [-0.1, -0.05) is 29.5 Å². The van der Waals surface area contributed by atoms with E-state index >= 15 is 0 Å². The number of benzene rings is 1. The van der Waals surface area contributed by atoms with Crippen LogP contribution in [0.5, 0.6) is 0 Å². The lowest BCUT2D eigenvalue weighted by molar-refractivity contribution is 0.0497. The highest BCUT2D eigenvalue weighted by atomic mass is 16.5. The molecule has 1 saturated heterocycles. The number of rotatable bonds is 6. The van der Waals surface area contributed by atoms with E-state index in [2.05, 4.69) is 15.3 Å². The normalized spacial score (nSPS) is 16.4. The molecule has 0 spiro atoms. The highest BCUT2D eigenvalue weighted by Crippen LogP contribution is 2.18. The molecule has 1 aliphatic heterocycles. The van der Waals surface area contributed by atoms with Crippen molar-refractivity contribution < 1.29 is 9.53 Å². The Bertz CT molecular complexity index is 876. The molecule has 0 bridgehead atoms. The number of ether oxygens (including phenoxy) is 1. The Hall–Kier alpha value is -3.06. The summed E-state index contributed by atoms with van der Waals surface area (Å²) in [7, 11) is 0. The molecular formula is C20H21N5O2. The van der Waals surface area contributed by atoms with Crippen molar-refractivity contribution in [2.24, 2.45) is 0 Å². The molecule has 3 heterocycles. The third kappa shape index (κ3) is 4.03. The number of carbonyl (C=O) groups is 1. The van der Waals surface area contributed by atoms with Crippen LogP contribution >= 0.6 is 0 Å². The van der Waals surface area contributed by atoms with Gasteiger partial charge in [0.05, 0.1) is 30.2 Å². The first-order valence-corrected chi connectivity index (χ1v) is 9.08. The molecule has 1 aromatic carbocycles. The Morgan fingerprint density at radius 2 is 2.04 bits per heavy atom. The number of aromatic nitrogens is 4. The number of hydrogen-bond acceptors (Lipinski definition) is 5. The first-order valence-electron chi connectivity index (χ1n) is 9.08. The van der Waals surface area contributed by atoms with E-state index in [9.17, 15) is 4.79 Å². The molecular weight excluding hydrogens is 342 g/mol. The predicted molar refractivity (Wildman–Crippen MR) is 99.3 cm³/mol. The van der Waals surface area contributed by atoms with Crippen LogP contribution in [-0.2, 0) is 11.3 Å². The summed E-state index contributed by atoms with van der Waals surface area (Å²) in [5, 5.41) is 8.06. The average Bonchev–Trinajstić information content (AvgIpc) is 3.40. The van der Waals surface area contributed by atoms with Gasteiger partial charge < -0.3 is 9.64 Å². The van der Waals surface area contributed by atoms with Crippen LogP contribution in [0.3, 0.4) is 0 Å². The fourth-order valence-corrected chi connectivity index (χ4v) is 3.24. The van der Waals surface area contributed by atoms with E-state index < -0.39 is 0 Å². The smallest absolute Gasteiger partial charge is 0.274 e. The van der Waals surface area contributed by atoms with E-state index in [-0.39, 0.29) is 12.0 Å². The lowest BCUT2D eigenvalue weighted by atomic mass is 10.2. The molecule has 1 unspecified atom stereocenters. The van der Waals surface area contributed by atoms with Crippen LogP contribution in [0.4, 0.5) is 0 Å². The van der Waals surface area contributed by atoms with Crippen LogP contribution in [0.25, 0.3) is 5.69 Å². The van der Waals surface area contributed by atoms with Gasteiger partial charge in [-0.2, -0.15) is 0 Å². The van der Waals surface area contributed by atoms with Crippen LogP contribution in [0.15, 0.2) is 60.9 Å². The summed E-state index contributed by atoms with van der Waals surface area (Å²) in [5.74, 6) is -0.134. The molecule has 2 aromatic heterocycles. The van der Waals surface area contributed by atoms with Gasteiger partial charge >= 0.3 is 0 Å². The molecule has 1 aliphatic rings. The lowest BCUT2D eigenvalue weighted by Crippen LogP contribution is -2.38. The standard InChI is InChI=1S/C20H21N5O2/c26-20(19-13-22-23-25(19)17-8-2-1-3-9-17)24(15-18-10-6-12-27-18)14-16-7-4-5-11-21-16/h1-5,7-9,11,13,18H,6,10,12,14-15H2. The summed E-state index contributed by atoms with van der Waals surface area (Å²) in [4.78, 5) is 19.5. The molecule has 7 nitrogen and oxygen atoms in total. The Morgan fingerprint density at radius 3 is 2.78 bits per heavy atom. The third-order valence-corrected chi connectivity index (χ3v) is 4.58. The molecule has 0 radical (unpaired) electrons. The molecule has 3 aromatic rings. The molecule has 0 saturated carbocycles. The first kappa shape index (κ1) is 17.4. The van der Waals surface area contributed by atoms with Gasteiger partial charge in [-0.25, -0.2) is 4.68 Å². The van der Waals surface area contributed by atoms with Crippen LogP contribution in [0.2, 0.25) is 0 Å². The summed E-state index contributed by atoms with van der Waals surface area (Å²) in [6.07, 6.45) is 5.29. The van der Waals surface area contributed by atoms with Crippen molar-refractivity contribution in [3.05, 3.63) is 72.3 Å². The topological polar surface area (TPSA) is 73.1 Å². The second-order valence-corrected chi connectivity index (χ2v) is 6.51. The highest BCUT2D eigenvalue weighted by molar-refractivity contribution is 5.92. The van der Waals surface area contributed by atoms with Crippen LogP contribution in [-0.4, -0.2) is 50.0 Å². The van der Waals surface area contributed by atoms with Crippen molar-refractivity contribution in [1.82, 2.24) is 24.9 Å². The minimum absolute atomic E-state index is 0.0544. The molecule has 0 N–H and O–H groups in total. The van der Waals surface area contributed by atoms with E-state index in [1.165, 1.54) is 6.20 Å². The van der Waals surface area contributed by atoms with Gasteiger partial charge in [0.2, 0.25) is 0 Å². The minimum atomic E-state index is -0.134. The number of pyridine rings is 1. The second kappa shape index (κ2) is 8.09. The quantitative estimate of drug-likeness (QED) is 0.673. The number of amides is 1. The van der Waals surface area contributed by atoms with Gasteiger partial charge in [0, 0.05) is 19.3 Å². The average molecular weight is 363 g/mol. The molecule has 4 rings (SSSR count). The van der Waals surface area contributed by atoms with Crippen LogP contribution in [0, 0.1) is 0 Å². The van der Waals surface area contributed by atoms with Crippen LogP contribution < -0.4 is 0 Å². The molecule has 7 heteroatoms. The van der Waals surface area contributed by atoms with Crippen molar-refractivity contribution in [2.45, 2.75) is 25.5 Å². The van der Waals surface area contributed by atoms with E-state index in [0.29, 0.717) is 18.8 Å². The maximum atomic E-state index is 13.3. The molecule has 27 heavy (non-hydrogen) atoms. The summed E-state index contributed by atoms with van der Waals surface area (Å²) in [6, 6.07) is 15.2. The monoisotopic (exact) mass is 363 g/mol. The number of para-hydroxylation sites is 1. The van der Waals surface area contributed by atoms with Gasteiger partial charge in [0.1, 0.15) is 0 Å². The molecule has 1 atom stereocenters. The minimum Gasteiger partial charge on any atom is -0.376 e. The van der Waals surface area contributed by atoms with Crippen molar-refractivity contribution in [1.29, 1.82) is 0 Å². The van der Waals surface area contributed by atoms with Crippen molar-refractivity contribution in [2.75, 3.05) is 13.2 Å². The maximum absolute atomic E-state index is 13.3. The van der Waals surface area contributed by atoms with E-state index in [0.717, 1.165) is 30.8 Å². The highest BCUT2D eigenvalue weighted by Gasteiger charge is 2.26. The lowest BCUT2D eigenvalue weighted by Gasteiger charge is -2.25. The molecule has 138 valence electrons. The van der Waals surface area contributed by atoms with E-state index in [1.807, 2.05) is 48.5 Å². The Labute approximate surface area is 157 Å². The van der Waals surface area contributed by atoms with E-state index in [4.69, 9.17) is 4.74 Å². The van der Waals surface area contributed by atoms with Crippen LogP contribution in [0.1, 0.15) is 29.0 Å². The summed E-state index contributed by atoms with van der Waals surface area (Å²) in [6.45, 7) is 1.69. The van der Waals surface area contributed by atoms with Crippen molar-refractivity contribution in [3.8, 4) is 5.69 Å². The summed E-state index contributed by atoms with van der Waals surface area (Å²) < 4.78 is 7.32. The summed E-state index contributed by atoms with van der Waals surface area (Å²) in [5.41, 5.74) is 2.06. The van der Waals surface area contributed by atoms with Gasteiger partial charge in [-0.3, -0.25) is 9.78 Å². The zero-order chi connectivity index (χ0) is 18.5. The molecule has 0 aliphatic carbocycles. The van der Waals surface area contributed by atoms with Crippen molar-refractivity contribution >= 4 is 5.91 Å². The fraction of sp³-hybridized carbons (Fsp3) is 0.300. The number of hydrogen-bond donors (Lipinski definition) is 0. The van der Waals surface area contributed by atoms with Gasteiger partial charge in [0.15, 0.2) is 5.69 Å². The van der Waals surface area contributed by atoms with Crippen molar-refractivity contribution in [3.63, 3.8) is 0 Å². The number of nitrogens with zero attached hydrogens (tertiary/aromatic N) is 5. The van der Waals surface area contributed by atoms with Gasteiger partial charge in [0.25, 0.3) is 5.91 Å². The largest absolute Gasteiger partial charge is 0.376 e. The Morgan fingerprint density at radius 1 is 1.19 bits per heavy atom. The Balaban J connectivity index is 1.61. The summed E-state index contributed by atoms with van der Waals surface area (Å²) >= 11 is 0. The van der Waals surface area contributed by atoms with E-state index in [1.54, 1.807) is 15.8 Å². The fourth-order valence-electron chi connectivity index (χ4n) is 3.24. The second-order valence-electron chi connectivity index (χ2n) is 6.51. The first-order chi connectivity index (χ1) is 13.3. The van der Waals surface area contributed by atoms with Gasteiger partial charge in [-0.15, -0.1) is 5.10 Å².